The summed E-state index contributed by atoms with van der Waals surface area (Å²) in [5.41, 5.74) is 9.33. The second-order valence-corrected chi connectivity index (χ2v) is 6.02. The van der Waals surface area contributed by atoms with Crippen LogP contribution in [0.25, 0.3) is 10.9 Å². The van der Waals surface area contributed by atoms with Crippen LogP contribution in [0.2, 0.25) is 0 Å². The maximum absolute atomic E-state index is 6.07. The number of fused-ring (bicyclic) bond motifs is 1. The molecule has 0 radical (unpaired) electrons. The van der Waals surface area contributed by atoms with Crippen molar-refractivity contribution in [1.29, 1.82) is 0 Å². The Kier molecular flexibility index (Phi) is 2.00. The summed E-state index contributed by atoms with van der Waals surface area (Å²) in [4.78, 5) is 0. The molecule has 0 aliphatic heterocycles. The molecule has 0 amide bonds. The van der Waals surface area contributed by atoms with Gasteiger partial charge >= 0.3 is 0 Å². The molecule has 2 aromatic rings. The predicted octanol–water partition coefficient (Wildman–Crippen LogP) is 2.80. The summed E-state index contributed by atoms with van der Waals surface area (Å²) in [6.07, 6.45) is 3.47. The van der Waals surface area contributed by atoms with E-state index in [1.807, 2.05) is 0 Å². The van der Waals surface area contributed by atoms with Crippen molar-refractivity contribution in [2.24, 2.45) is 18.2 Å². The largest absolute Gasteiger partial charge is 0.350 e. The van der Waals surface area contributed by atoms with Gasteiger partial charge in [0.05, 0.1) is 0 Å². The Hall–Kier alpha value is -1.28. The minimum atomic E-state index is 0.188. The molecule has 1 unspecified atom stereocenters. The summed E-state index contributed by atoms with van der Waals surface area (Å²) in [6, 6.07) is 8.61. The first-order valence-corrected chi connectivity index (χ1v) is 6.26. The van der Waals surface area contributed by atoms with Crippen LogP contribution >= 0.6 is 0 Å². The third-order valence-corrected chi connectivity index (χ3v) is 4.68. The van der Waals surface area contributed by atoms with E-state index in [0.29, 0.717) is 5.41 Å². The molecule has 1 aromatic carbocycles. The molecule has 1 fully saturated rings. The zero-order valence-electron chi connectivity index (χ0n) is 10.8. The Balaban J connectivity index is 2.26. The second-order valence-electron chi connectivity index (χ2n) is 6.02. The number of hydrogen-bond donors (Lipinski definition) is 1. The average Bonchev–Trinajstić information content (AvgIpc) is 2.72. The zero-order valence-corrected chi connectivity index (χ0v) is 10.8. The normalized spacial score (nSPS) is 26.4. The molecule has 2 N–H and O–H groups in total. The van der Waals surface area contributed by atoms with Gasteiger partial charge in [-0.2, -0.15) is 0 Å². The Morgan fingerprint density at radius 1 is 1.29 bits per heavy atom. The Bertz CT molecular complexity index is 580. The first-order chi connectivity index (χ1) is 8.02. The quantitative estimate of drug-likeness (QED) is 0.842. The van der Waals surface area contributed by atoms with Crippen molar-refractivity contribution in [1.82, 2.24) is 4.57 Å². The van der Waals surface area contributed by atoms with Gasteiger partial charge in [0.25, 0.3) is 0 Å². The number of aromatic nitrogens is 1. The third kappa shape index (κ3) is 1.25. The number of nitrogens with two attached hydrogens (primary N) is 1. The maximum Gasteiger partial charge on any atom is 0.0480 e. The Labute approximate surface area is 102 Å². The molecule has 90 valence electrons. The molecular formula is C15H20N2. The summed E-state index contributed by atoms with van der Waals surface area (Å²) in [5, 5.41) is 1.37. The lowest BCUT2D eigenvalue weighted by molar-refractivity contribution is 0.505. The number of aryl methyl sites for hydroxylation is 1. The van der Waals surface area contributed by atoms with Gasteiger partial charge in [0.15, 0.2) is 0 Å². The maximum atomic E-state index is 6.07. The summed E-state index contributed by atoms with van der Waals surface area (Å²) >= 11 is 0. The van der Waals surface area contributed by atoms with Crippen LogP contribution in [0.1, 0.15) is 25.8 Å². The van der Waals surface area contributed by atoms with E-state index in [4.69, 9.17) is 5.73 Å². The van der Waals surface area contributed by atoms with Crippen LogP contribution in [0.15, 0.2) is 30.5 Å². The van der Waals surface area contributed by atoms with Crippen LogP contribution < -0.4 is 5.73 Å². The average molecular weight is 228 g/mol. The van der Waals surface area contributed by atoms with E-state index in [0.717, 1.165) is 6.54 Å². The first kappa shape index (κ1) is 10.8. The molecule has 3 rings (SSSR count). The Morgan fingerprint density at radius 2 is 1.94 bits per heavy atom. The fourth-order valence-corrected chi connectivity index (χ4v) is 3.35. The highest BCUT2D eigenvalue weighted by molar-refractivity contribution is 5.86. The summed E-state index contributed by atoms with van der Waals surface area (Å²) in [5.74, 6) is 0. The van der Waals surface area contributed by atoms with Gasteiger partial charge in [0.1, 0.15) is 0 Å². The van der Waals surface area contributed by atoms with Crippen LogP contribution in [0.5, 0.6) is 0 Å². The molecule has 1 aliphatic carbocycles. The molecule has 0 bridgehead atoms. The Morgan fingerprint density at radius 3 is 2.53 bits per heavy atom. The van der Waals surface area contributed by atoms with Gasteiger partial charge in [-0.1, -0.05) is 32.0 Å². The molecule has 1 aliphatic rings. The molecule has 1 saturated carbocycles. The van der Waals surface area contributed by atoms with E-state index in [9.17, 15) is 0 Å². The van der Waals surface area contributed by atoms with Crippen molar-refractivity contribution < 1.29 is 0 Å². The van der Waals surface area contributed by atoms with Crippen molar-refractivity contribution in [2.75, 3.05) is 6.54 Å². The highest BCUT2D eigenvalue weighted by Crippen LogP contribution is 2.64. The van der Waals surface area contributed by atoms with Gasteiger partial charge < -0.3 is 10.3 Å². The summed E-state index contributed by atoms with van der Waals surface area (Å²) in [7, 11) is 2.12. The van der Waals surface area contributed by atoms with Gasteiger partial charge in [-0.15, -0.1) is 0 Å². The standard InChI is InChI=1S/C15H20N2/c1-14(2)9-15(14,10-16)12-8-17(3)13-7-5-4-6-11(12)13/h4-8H,9-10,16H2,1-3H3. The van der Waals surface area contributed by atoms with E-state index in [1.54, 1.807) is 0 Å². The fourth-order valence-electron chi connectivity index (χ4n) is 3.35. The van der Waals surface area contributed by atoms with Crippen molar-refractivity contribution in [2.45, 2.75) is 25.7 Å². The van der Waals surface area contributed by atoms with Crippen LogP contribution in [-0.2, 0) is 12.5 Å². The zero-order chi connectivity index (χ0) is 12.3. The minimum Gasteiger partial charge on any atom is -0.350 e. The van der Waals surface area contributed by atoms with E-state index in [1.165, 1.54) is 22.9 Å². The van der Waals surface area contributed by atoms with Gasteiger partial charge in [0, 0.05) is 36.1 Å². The van der Waals surface area contributed by atoms with E-state index < -0.39 is 0 Å². The second kappa shape index (κ2) is 3.14. The molecular weight excluding hydrogens is 208 g/mol. The SMILES string of the molecule is Cn1cc(C2(CN)CC2(C)C)c2ccccc21. The first-order valence-electron chi connectivity index (χ1n) is 6.26. The number of benzene rings is 1. The highest BCUT2D eigenvalue weighted by atomic mass is 14.9. The molecule has 0 saturated heterocycles. The lowest BCUT2D eigenvalue weighted by atomic mass is 9.88. The highest BCUT2D eigenvalue weighted by Gasteiger charge is 2.61. The topological polar surface area (TPSA) is 30.9 Å². The number of hydrogen-bond acceptors (Lipinski definition) is 1. The van der Waals surface area contributed by atoms with Crippen LogP contribution in [-0.4, -0.2) is 11.1 Å². The summed E-state index contributed by atoms with van der Waals surface area (Å²) < 4.78 is 2.22. The molecule has 17 heavy (non-hydrogen) atoms. The van der Waals surface area contributed by atoms with Gasteiger partial charge in [0.2, 0.25) is 0 Å². The van der Waals surface area contributed by atoms with E-state index in [2.05, 4.69) is 55.9 Å². The monoisotopic (exact) mass is 228 g/mol. The smallest absolute Gasteiger partial charge is 0.0480 e. The summed E-state index contributed by atoms with van der Waals surface area (Å²) in [6.45, 7) is 5.39. The van der Waals surface area contributed by atoms with Gasteiger partial charge in [-0.05, 0) is 23.5 Å². The van der Waals surface area contributed by atoms with E-state index >= 15 is 0 Å². The number of rotatable bonds is 2. The molecule has 1 aromatic heterocycles. The minimum absolute atomic E-state index is 0.188. The van der Waals surface area contributed by atoms with Crippen molar-refractivity contribution in [3.63, 3.8) is 0 Å². The van der Waals surface area contributed by atoms with Gasteiger partial charge in [-0.25, -0.2) is 0 Å². The lowest BCUT2D eigenvalue weighted by Crippen LogP contribution is -2.25. The number of nitrogens with zero attached hydrogens (tertiary/aromatic N) is 1. The van der Waals surface area contributed by atoms with Crippen molar-refractivity contribution in [3.05, 3.63) is 36.0 Å². The molecule has 1 heterocycles. The molecule has 2 heteroatoms. The molecule has 0 spiro atoms. The molecule has 2 nitrogen and oxygen atoms in total. The van der Waals surface area contributed by atoms with Crippen LogP contribution in [0.4, 0.5) is 0 Å². The van der Waals surface area contributed by atoms with Crippen molar-refractivity contribution in [3.8, 4) is 0 Å². The predicted molar refractivity (Wildman–Crippen MR) is 72.0 cm³/mol. The fraction of sp³-hybridized carbons (Fsp3) is 0.467. The van der Waals surface area contributed by atoms with Crippen LogP contribution in [0.3, 0.4) is 0 Å². The molecule has 1 atom stereocenters. The van der Waals surface area contributed by atoms with E-state index in [-0.39, 0.29) is 5.41 Å². The van der Waals surface area contributed by atoms with Crippen molar-refractivity contribution >= 4 is 10.9 Å². The lowest BCUT2D eigenvalue weighted by Gasteiger charge is -2.17. The number of para-hydroxylation sites is 1. The third-order valence-electron chi connectivity index (χ3n) is 4.68. The van der Waals surface area contributed by atoms with Crippen LogP contribution in [0, 0.1) is 5.41 Å². The van der Waals surface area contributed by atoms with Gasteiger partial charge in [-0.3, -0.25) is 0 Å².